The van der Waals surface area contributed by atoms with Crippen molar-refractivity contribution in [1.82, 2.24) is 19.6 Å². The number of rotatable bonds is 2. The van der Waals surface area contributed by atoms with Crippen molar-refractivity contribution in [3.8, 4) is 5.69 Å². The number of urea groups is 1. The van der Waals surface area contributed by atoms with Crippen molar-refractivity contribution in [1.29, 1.82) is 0 Å². The maximum atomic E-state index is 12.8. The van der Waals surface area contributed by atoms with Crippen LogP contribution in [0.4, 0.5) is 10.5 Å². The van der Waals surface area contributed by atoms with E-state index in [4.69, 9.17) is 0 Å². The topological polar surface area (TPSA) is 53.4 Å². The largest absolute Gasteiger partial charge is 0.322 e. The van der Waals surface area contributed by atoms with Gasteiger partial charge in [-0.2, -0.15) is 5.10 Å². The molecule has 6 heteroatoms. The molecule has 144 valence electrons. The number of hydrogen-bond acceptors (Lipinski definition) is 3. The van der Waals surface area contributed by atoms with Gasteiger partial charge in [-0.1, -0.05) is 18.6 Å². The van der Waals surface area contributed by atoms with E-state index in [-0.39, 0.29) is 6.03 Å². The first kappa shape index (κ1) is 18.0. The van der Waals surface area contributed by atoms with E-state index in [9.17, 15) is 4.79 Å². The molecule has 2 saturated heterocycles. The summed E-state index contributed by atoms with van der Waals surface area (Å²) in [5.74, 6) is 0. The van der Waals surface area contributed by atoms with Crippen molar-refractivity contribution < 1.29 is 4.79 Å². The van der Waals surface area contributed by atoms with E-state index in [0.717, 1.165) is 42.3 Å². The van der Waals surface area contributed by atoms with Crippen LogP contribution < -0.4 is 5.32 Å². The summed E-state index contributed by atoms with van der Waals surface area (Å²) in [6.07, 6.45) is 5.52. The van der Waals surface area contributed by atoms with Crippen LogP contribution in [0, 0.1) is 20.8 Å². The Bertz CT molecular complexity index is 843. The Morgan fingerprint density at radius 3 is 2.85 bits per heavy atom. The normalized spacial score (nSPS) is 20.4. The van der Waals surface area contributed by atoms with E-state index in [1.165, 1.54) is 31.4 Å². The first-order valence-corrected chi connectivity index (χ1v) is 9.95. The molecule has 2 aliphatic heterocycles. The van der Waals surface area contributed by atoms with Gasteiger partial charge in [0.05, 0.1) is 23.3 Å². The minimum Gasteiger partial charge on any atom is -0.322 e. The molecule has 1 aromatic carbocycles. The van der Waals surface area contributed by atoms with Gasteiger partial charge in [0.1, 0.15) is 0 Å². The third-order valence-corrected chi connectivity index (χ3v) is 5.97. The van der Waals surface area contributed by atoms with Crippen molar-refractivity contribution >= 4 is 11.7 Å². The van der Waals surface area contributed by atoms with E-state index in [2.05, 4.69) is 47.4 Å². The number of benzene rings is 1. The second-order valence-corrected chi connectivity index (χ2v) is 7.91. The van der Waals surface area contributed by atoms with E-state index >= 15 is 0 Å². The molecular formula is C21H29N5O. The lowest BCUT2D eigenvalue weighted by molar-refractivity contribution is 0.0678. The standard InChI is InChI=1S/C21H29N5O/c1-15-7-8-16(2)20(12-15)26-17(3)19(13-22-26)23-21(27)25-11-10-24-9-5-4-6-18(24)14-25/h7-8,12-13,18H,4-6,9-11,14H2,1-3H3,(H,23,27)/t18-/m1/s1. The van der Waals surface area contributed by atoms with Crippen LogP contribution in [0.5, 0.6) is 0 Å². The first-order chi connectivity index (χ1) is 13.0. The number of piperazine rings is 1. The molecule has 1 atom stereocenters. The first-order valence-electron chi connectivity index (χ1n) is 9.95. The van der Waals surface area contributed by atoms with Gasteiger partial charge in [0.2, 0.25) is 0 Å². The summed E-state index contributed by atoms with van der Waals surface area (Å²) in [7, 11) is 0. The number of nitrogens with one attached hydrogen (secondary N) is 1. The number of hydrogen-bond donors (Lipinski definition) is 1. The average molecular weight is 367 g/mol. The lowest BCUT2D eigenvalue weighted by atomic mass is 10.00. The SMILES string of the molecule is Cc1ccc(C)c(-n2ncc(NC(=O)N3CCN4CCCC[C@@H]4C3)c2C)c1. The van der Waals surface area contributed by atoms with E-state index in [1.54, 1.807) is 6.20 Å². The zero-order chi connectivity index (χ0) is 19.0. The minimum absolute atomic E-state index is 0.0103. The zero-order valence-corrected chi connectivity index (χ0v) is 16.5. The molecule has 2 fully saturated rings. The minimum atomic E-state index is -0.0103. The number of carbonyl (C=O) groups excluding carboxylic acids is 1. The van der Waals surface area contributed by atoms with Crippen LogP contribution in [0.2, 0.25) is 0 Å². The lowest BCUT2D eigenvalue weighted by Gasteiger charge is -2.43. The highest BCUT2D eigenvalue weighted by Crippen LogP contribution is 2.24. The van der Waals surface area contributed by atoms with Crippen LogP contribution in [0.3, 0.4) is 0 Å². The van der Waals surface area contributed by atoms with E-state index < -0.39 is 0 Å². The fourth-order valence-corrected chi connectivity index (χ4v) is 4.26. The average Bonchev–Trinajstić information content (AvgIpc) is 3.03. The highest BCUT2D eigenvalue weighted by atomic mass is 16.2. The number of aryl methyl sites for hydroxylation is 2. The van der Waals surface area contributed by atoms with Gasteiger partial charge in [0, 0.05) is 25.7 Å². The van der Waals surface area contributed by atoms with E-state index in [1.807, 2.05) is 16.5 Å². The van der Waals surface area contributed by atoms with Crippen LogP contribution in [-0.4, -0.2) is 57.8 Å². The number of amides is 2. The van der Waals surface area contributed by atoms with Gasteiger partial charge in [-0.15, -0.1) is 0 Å². The van der Waals surface area contributed by atoms with Crippen LogP contribution >= 0.6 is 0 Å². The Kier molecular flexibility index (Phi) is 4.91. The molecule has 0 spiro atoms. The molecule has 4 rings (SSSR count). The molecule has 1 N–H and O–H groups in total. The number of anilines is 1. The molecule has 27 heavy (non-hydrogen) atoms. The molecule has 6 nitrogen and oxygen atoms in total. The van der Waals surface area contributed by atoms with E-state index in [0.29, 0.717) is 6.04 Å². The Morgan fingerprint density at radius 2 is 2.00 bits per heavy atom. The van der Waals surface area contributed by atoms with Crippen molar-refractivity contribution in [3.63, 3.8) is 0 Å². The Balaban J connectivity index is 1.48. The molecule has 1 aromatic heterocycles. The van der Waals surface area contributed by atoms with Crippen LogP contribution in [0.25, 0.3) is 5.69 Å². The molecule has 0 radical (unpaired) electrons. The fourth-order valence-electron chi connectivity index (χ4n) is 4.26. The van der Waals surface area contributed by atoms with Gasteiger partial charge in [0.25, 0.3) is 0 Å². The Labute approximate surface area is 161 Å². The molecule has 2 aliphatic rings. The number of piperidine rings is 1. The highest BCUT2D eigenvalue weighted by Gasteiger charge is 2.31. The zero-order valence-electron chi connectivity index (χ0n) is 16.5. The summed E-state index contributed by atoms with van der Waals surface area (Å²) in [6, 6.07) is 6.85. The Hall–Kier alpha value is -2.34. The summed E-state index contributed by atoms with van der Waals surface area (Å²) in [5.41, 5.74) is 5.16. The van der Waals surface area contributed by atoms with Crippen molar-refractivity contribution in [2.75, 3.05) is 31.5 Å². The quantitative estimate of drug-likeness (QED) is 0.884. The number of fused-ring (bicyclic) bond motifs is 1. The maximum absolute atomic E-state index is 12.8. The van der Waals surface area contributed by atoms with Gasteiger partial charge in [-0.3, -0.25) is 4.90 Å². The third kappa shape index (κ3) is 3.58. The summed E-state index contributed by atoms with van der Waals surface area (Å²) >= 11 is 0. The predicted octanol–water partition coefficient (Wildman–Crippen LogP) is 3.50. The smallest absolute Gasteiger partial charge is 0.322 e. The second kappa shape index (κ2) is 7.35. The van der Waals surface area contributed by atoms with Crippen LogP contribution in [0.1, 0.15) is 36.1 Å². The summed E-state index contributed by atoms with van der Waals surface area (Å²) in [4.78, 5) is 17.3. The predicted molar refractivity (Wildman–Crippen MR) is 108 cm³/mol. The van der Waals surface area contributed by atoms with Crippen molar-refractivity contribution in [3.05, 3.63) is 41.2 Å². The molecule has 0 bridgehead atoms. The van der Waals surface area contributed by atoms with Crippen molar-refractivity contribution in [2.24, 2.45) is 0 Å². The monoisotopic (exact) mass is 367 g/mol. The molecule has 0 saturated carbocycles. The fraction of sp³-hybridized carbons (Fsp3) is 0.524. The van der Waals surface area contributed by atoms with Crippen LogP contribution in [-0.2, 0) is 0 Å². The summed E-state index contributed by atoms with van der Waals surface area (Å²) in [5, 5.41) is 7.61. The Morgan fingerprint density at radius 1 is 1.15 bits per heavy atom. The van der Waals surface area contributed by atoms with Crippen LogP contribution in [0.15, 0.2) is 24.4 Å². The molecule has 0 unspecified atom stereocenters. The molecular weight excluding hydrogens is 338 g/mol. The highest BCUT2D eigenvalue weighted by molar-refractivity contribution is 5.90. The number of carbonyl (C=O) groups is 1. The van der Waals surface area contributed by atoms with Gasteiger partial charge < -0.3 is 10.2 Å². The number of aromatic nitrogens is 2. The second-order valence-electron chi connectivity index (χ2n) is 7.91. The lowest BCUT2D eigenvalue weighted by Crippen LogP contribution is -2.56. The molecule has 0 aliphatic carbocycles. The third-order valence-electron chi connectivity index (χ3n) is 5.97. The van der Waals surface area contributed by atoms with Crippen molar-refractivity contribution in [2.45, 2.75) is 46.1 Å². The number of nitrogens with zero attached hydrogens (tertiary/aromatic N) is 4. The summed E-state index contributed by atoms with van der Waals surface area (Å²) < 4.78 is 1.91. The van der Waals surface area contributed by atoms with Gasteiger partial charge in [-0.25, -0.2) is 9.48 Å². The van der Waals surface area contributed by atoms with Gasteiger partial charge in [-0.05, 0) is 57.4 Å². The molecule has 3 heterocycles. The molecule has 2 aromatic rings. The van der Waals surface area contributed by atoms with Gasteiger partial charge >= 0.3 is 6.03 Å². The summed E-state index contributed by atoms with van der Waals surface area (Å²) in [6.45, 7) is 9.96. The van der Waals surface area contributed by atoms with Gasteiger partial charge in [0.15, 0.2) is 0 Å². The molecule has 2 amide bonds. The maximum Gasteiger partial charge on any atom is 0.322 e.